The molecule has 0 fully saturated rings. The van der Waals surface area contributed by atoms with Gasteiger partial charge < -0.3 is 0 Å². The van der Waals surface area contributed by atoms with E-state index in [0.717, 1.165) is 6.42 Å². The maximum atomic E-state index is 2.32. The molecule has 1 aliphatic rings. The molecule has 0 amide bonds. The molecule has 1 heteroatoms. The van der Waals surface area contributed by atoms with Crippen LogP contribution in [-0.2, 0) is 6.42 Å². The van der Waals surface area contributed by atoms with Crippen molar-refractivity contribution in [3.05, 3.63) is 58.7 Å². The van der Waals surface area contributed by atoms with Crippen LogP contribution in [0.2, 0.25) is 0 Å². The summed E-state index contributed by atoms with van der Waals surface area (Å²) in [4.78, 5) is 2.88. The third-order valence-electron chi connectivity index (χ3n) is 3.06. The van der Waals surface area contributed by atoms with Crippen LogP contribution < -0.4 is 0 Å². The fourth-order valence-electron chi connectivity index (χ4n) is 2.38. The zero-order valence-electron chi connectivity index (χ0n) is 9.58. The molecule has 3 rings (SSSR count). The summed E-state index contributed by atoms with van der Waals surface area (Å²) in [6.45, 7) is 4.39. The molecule has 0 saturated heterocycles. The van der Waals surface area contributed by atoms with Crippen LogP contribution >= 0.6 is 11.8 Å². The predicted molar refractivity (Wildman–Crippen MR) is 69.3 cm³/mol. The summed E-state index contributed by atoms with van der Waals surface area (Å²) in [6.07, 6.45) is 1.08. The maximum absolute atomic E-state index is 2.32. The standard InChI is InChI=1S/C15H14S/c1-10-7-11(2)15-13(8-10)9-12-5-3-4-6-14(12)16-15/h3-8H,9H2,1-2H3. The topological polar surface area (TPSA) is 0 Å². The van der Waals surface area contributed by atoms with E-state index in [2.05, 4.69) is 50.2 Å². The Bertz CT molecular complexity index is 555. The maximum Gasteiger partial charge on any atom is 0.0187 e. The molecule has 0 aliphatic carbocycles. The normalized spacial score (nSPS) is 13.1. The molecule has 1 heterocycles. The Morgan fingerprint density at radius 1 is 1.00 bits per heavy atom. The first kappa shape index (κ1) is 9.98. The molecule has 0 nitrogen and oxygen atoms in total. The van der Waals surface area contributed by atoms with Crippen LogP contribution in [0.25, 0.3) is 0 Å². The van der Waals surface area contributed by atoms with Gasteiger partial charge in [-0.3, -0.25) is 0 Å². The van der Waals surface area contributed by atoms with E-state index in [1.54, 1.807) is 0 Å². The van der Waals surface area contributed by atoms with Gasteiger partial charge in [0.15, 0.2) is 0 Å². The highest BCUT2D eigenvalue weighted by Crippen LogP contribution is 2.41. The first-order valence-corrected chi connectivity index (χ1v) is 6.41. The summed E-state index contributed by atoms with van der Waals surface area (Å²) in [7, 11) is 0. The van der Waals surface area contributed by atoms with Gasteiger partial charge in [-0.15, -0.1) is 0 Å². The second-order valence-corrected chi connectivity index (χ2v) is 5.51. The molecule has 2 aromatic rings. The lowest BCUT2D eigenvalue weighted by atomic mass is 10.00. The molecule has 0 radical (unpaired) electrons. The molecule has 0 saturated carbocycles. The average Bonchev–Trinajstić information content (AvgIpc) is 2.27. The highest BCUT2D eigenvalue weighted by molar-refractivity contribution is 7.99. The van der Waals surface area contributed by atoms with E-state index < -0.39 is 0 Å². The first-order valence-electron chi connectivity index (χ1n) is 5.60. The second-order valence-electron chi connectivity index (χ2n) is 4.46. The van der Waals surface area contributed by atoms with Gasteiger partial charge in [0.05, 0.1) is 0 Å². The molecular formula is C15H14S. The minimum absolute atomic E-state index is 1.08. The zero-order valence-corrected chi connectivity index (χ0v) is 10.4. The molecule has 0 N–H and O–H groups in total. The van der Waals surface area contributed by atoms with E-state index in [1.807, 2.05) is 11.8 Å². The lowest BCUT2D eigenvalue weighted by molar-refractivity contribution is 1.03. The summed E-state index contributed by atoms with van der Waals surface area (Å²) in [5, 5.41) is 0. The van der Waals surface area contributed by atoms with Crippen LogP contribution in [0.5, 0.6) is 0 Å². The largest absolute Gasteiger partial charge is 0.0892 e. The lowest BCUT2D eigenvalue weighted by Crippen LogP contribution is -2.01. The summed E-state index contributed by atoms with van der Waals surface area (Å²) in [5.41, 5.74) is 5.73. The van der Waals surface area contributed by atoms with Gasteiger partial charge in [-0.2, -0.15) is 0 Å². The SMILES string of the molecule is Cc1cc(C)c2c(c1)Cc1ccccc1S2. The van der Waals surface area contributed by atoms with Crippen molar-refractivity contribution in [3.63, 3.8) is 0 Å². The molecule has 0 spiro atoms. The van der Waals surface area contributed by atoms with Crippen molar-refractivity contribution in [1.29, 1.82) is 0 Å². The number of fused-ring (bicyclic) bond motifs is 2. The number of hydrogen-bond acceptors (Lipinski definition) is 1. The Morgan fingerprint density at radius 2 is 1.81 bits per heavy atom. The molecule has 1 aliphatic heterocycles. The fraction of sp³-hybridized carbons (Fsp3) is 0.200. The summed E-state index contributed by atoms with van der Waals surface area (Å²) < 4.78 is 0. The average molecular weight is 226 g/mol. The zero-order chi connectivity index (χ0) is 11.1. The predicted octanol–water partition coefficient (Wildman–Crippen LogP) is 4.36. The Kier molecular flexibility index (Phi) is 2.29. The Labute approximate surface area is 101 Å². The summed E-state index contributed by atoms with van der Waals surface area (Å²) in [5.74, 6) is 0. The quantitative estimate of drug-likeness (QED) is 0.549. The van der Waals surface area contributed by atoms with Gasteiger partial charge in [-0.1, -0.05) is 47.7 Å². The summed E-state index contributed by atoms with van der Waals surface area (Å²) >= 11 is 1.92. The van der Waals surface area contributed by atoms with Crippen molar-refractivity contribution >= 4 is 11.8 Å². The molecule has 0 atom stereocenters. The minimum Gasteiger partial charge on any atom is -0.0892 e. The van der Waals surface area contributed by atoms with E-state index in [0.29, 0.717) is 0 Å². The second kappa shape index (κ2) is 3.67. The minimum atomic E-state index is 1.08. The van der Waals surface area contributed by atoms with Crippen molar-refractivity contribution in [2.45, 2.75) is 30.1 Å². The van der Waals surface area contributed by atoms with Crippen molar-refractivity contribution in [3.8, 4) is 0 Å². The Morgan fingerprint density at radius 3 is 2.69 bits per heavy atom. The molecule has 0 unspecified atom stereocenters. The van der Waals surface area contributed by atoms with E-state index in [4.69, 9.17) is 0 Å². The Hall–Kier alpha value is -1.21. The van der Waals surface area contributed by atoms with E-state index in [9.17, 15) is 0 Å². The van der Waals surface area contributed by atoms with Crippen LogP contribution in [0.4, 0.5) is 0 Å². The van der Waals surface area contributed by atoms with Gasteiger partial charge in [-0.25, -0.2) is 0 Å². The van der Waals surface area contributed by atoms with Crippen LogP contribution in [0.1, 0.15) is 22.3 Å². The lowest BCUT2D eigenvalue weighted by Gasteiger charge is -2.21. The Balaban J connectivity index is 2.15. The summed E-state index contributed by atoms with van der Waals surface area (Å²) in [6, 6.07) is 13.3. The van der Waals surface area contributed by atoms with Gasteiger partial charge in [0.1, 0.15) is 0 Å². The van der Waals surface area contributed by atoms with E-state index >= 15 is 0 Å². The molecule has 0 aromatic heterocycles. The van der Waals surface area contributed by atoms with Crippen molar-refractivity contribution in [1.82, 2.24) is 0 Å². The monoisotopic (exact) mass is 226 g/mol. The van der Waals surface area contributed by atoms with E-state index in [-0.39, 0.29) is 0 Å². The third kappa shape index (κ3) is 1.56. The number of hydrogen-bond donors (Lipinski definition) is 0. The fourth-order valence-corrected chi connectivity index (χ4v) is 3.50. The third-order valence-corrected chi connectivity index (χ3v) is 4.47. The van der Waals surface area contributed by atoms with Gasteiger partial charge in [-0.05, 0) is 43.0 Å². The van der Waals surface area contributed by atoms with Crippen molar-refractivity contribution in [2.24, 2.45) is 0 Å². The molecule has 80 valence electrons. The van der Waals surface area contributed by atoms with Gasteiger partial charge in [0.25, 0.3) is 0 Å². The number of rotatable bonds is 0. The van der Waals surface area contributed by atoms with Crippen LogP contribution in [0, 0.1) is 13.8 Å². The molecular weight excluding hydrogens is 212 g/mol. The van der Waals surface area contributed by atoms with Gasteiger partial charge in [0.2, 0.25) is 0 Å². The highest BCUT2D eigenvalue weighted by atomic mass is 32.2. The highest BCUT2D eigenvalue weighted by Gasteiger charge is 2.17. The van der Waals surface area contributed by atoms with E-state index in [1.165, 1.54) is 32.0 Å². The molecule has 16 heavy (non-hydrogen) atoms. The molecule has 2 aromatic carbocycles. The van der Waals surface area contributed by atoms with Gasteiger partial charge in [0, 0.05) is 9.79 Å². The smallest absolute Gasteiger partial charge is 0.0187 e. The van der Waals surface area contributed by atoms with Crippen molar-refractivity contribution in [2.75, 3.05) is 0 Å². The number of benzene rings is 2. The van der Waals surface area contributed by atoms with Crippen molar-refractivity contribution < 1.29 is 0 Å². The molecule has 0 bridgehead atoms. The van der Waals surface area contributed by atoms with Gasteiger partial charge >= 0.3 is 0 Å². The first-order chi connectivity index (χ1) is 7.74. The van der Waals surface area contributed by atoms with Crippen LogP contribution in [0.15, 0.2) is 46.2 Å². The van der Waals surface area contributed by atoms with Crippen LogP contribution in [0.3, 0.4) is 0 Å². The van der Waals surface area contributed by atoms with Crippen LogP contribution in [-0.4, -0.2) is 0 Å². The number of aryl methyl sites for hydroxylation is 2.